The third-order valence-electron chi connectivity index (χ3n) is 3.02. The van der Waals surface area contributed by atoms with Gasteiger partial charge in [0.1, 0.15) is 18.4 Å². The Morgan fingerprint density at radius 1 is 1.24 bits per heavy atom. The molecule has 2 aromatic carbocycles. The molecule has 0 aromatic heterocycles. The van der Waals surface area contributed by atoms with Crippen LogP contribution in [-0.2, 0) is 0 Å². The molecule has 4 heteroatoms. The summed E-state index contributed by atoms with van der Waals surface area (Å²) in [6.07, 6.45) is 0. The van der Waals surface area contributed by atoms with E-state index in [-0.39, 0.29) is 6.04 Å². The topological polar surface area (TPSA) is 45.0 Å². The van der Waals surface area contributed by atoms with E-state index in [0.717, 1.165) is 11.4 Å². The first-order valence-electron chi connectivity index (χ1n) is 6.74. The van der Waals surface area contributed by atoms with Crippen molar-refractivity contribution in [2.75, 3.05) is 11.9 Å². The van der Waals surface area contributed by atoms with Crippen molar-refractivity contribution in [3.05, 3.63) is 58.6 Å². The molecule has 0 aliphatic rings. The number of nitriles is 1. The third kappa shape index (κ3) is 4.40. The summed E-state index contributed by atoms with van der Waals surface area (Å²) in [7, 11) is 0. The van der Waals surface area contributed by atoms with E-state index < -0.39 is 0 Å². The van der Waals surface area contributed by atoms with Crippen LogP contribution in [0.25, 0.3) is 0 Å². The van der Waals surface area contributed by atoms with Crippen LogP contribution in [0.2, 0.25) is 5.02 Å². The summed E-state index contributed by atoms with van der Waals surface area (Å²) < 4.78 is 5.72. The molecule has 2 rings (SSSR count). The van der Waals surface area contributed by atoms with Crippen molar-refractivity contribution in [3.63, 3.8) is 0 Å². The van der Waals surface area contributed by atoms with Gasteiger partial charge in [0.2, 0.25) is 0 Å². The molecule has 0 fully saturated rings. The molecule has 0 saturated carbocycles. The largest absolute Gasteiger partial charge is 0.491 e. The van der Waals surface area contributed by atoms with Crippen LogP contribution in [-0.4, -0.2) is 12.6 Å². The zero-order valence-corrected chi connectivity index (χ0v) is 12.8. The average Bonchev–Trinajstić information content (AvgIpc) is 2.47. The molecule has 1 unspecified atom stereocenters. The number of nitrogens with one attached hydrogen (secondary N) is 1. The minimum Gasteiger partial charge on any atom is -0.491 e. The molecular weight excluding hydrogens is 284 g/mol. The highest BCUT2D eigenvalue weighted by atomic mass is 35.5. The van der Waals surface area contributed by atoms with E-state index in [9.17, 15) is 0 Å². The van der Waals surface area contributed by atoms with Gasteiger partial charge in [0.15, 0.2) is 0 Å². The van der Waals surface area contributed by atoms with Crippen molar-refractivity contribution in [2.45, 2.75) is 19.9 Å². The molecule has 0 aliphatic heterocycles. The van der Waals surface area contributed by atoms with Crippen molar-refractivity contribution in [1.29, 1.82) is 5.26 Å². The zero-order valence-electron chi connectivity index (χ0n) is 12.1. The first-order valence-corrected chi connectivity index (χ1v) is 7.12. The maximum Gasteiger partial charge on any atom is 0.119 e. The molecule has 0 heterocycles. The Morgan fingerprint density at radius 2 is 1.95 bits per heavy atom. The van der Waals surface area contributed by atoms with E-state index in [2.05, 4.69) is 5.32 Å². The summed E-state index contributed by atoms with van der Waals surface area (Å²) in [4.78, 5) is 0. The van der Waals surface area contributed by atoms with Crippen LogP contribution in [0.3, 0.4) is 0 Å². The fourth-order valence-electron chi connectivity index (χ4n) is 1.88. The smallest absolute Gasteiger partial charge is 0.119 e. The number of benzene rings is 2. The third-order valence-corrected chi connectivity index (χ3v) is 3.34. The molecule has 0 amide bonds. The second-order valence-electron chi connectivity index (χ2n) is 4.98. The van der Waals surface area contributed by atoms with Crippen molar-refractivity contribution in [1.82, 2.24) is 0 Å². The maximum absolute atomic E-state index is 8.85. The molecule has 108 valence electrons. The summed E-state index contributed by atoms with van der Waals surface area (Å²) in [5.41, 5.74) is 2.56. The molecule has 0 spiro atoms. The molecule has 1 N–H and O–H groups in total. The maximum atomic E-state index is 8.85. The molecule has 21 heavy (non-hydrogen) atoms. The Bertz CT molecular complexity index is 647. The first-order chi connectivity index (χ1) is 10.1. The van der Waals surface area contributed by atoms with Gasteiger partial charge in [0, 0.05) is 5.69 Å². The lowest BCUT2D eigenvalue weighted by molar-refractivity contribution is 0.304. The number of aryl methyl sites for hydroxylation is 1. The van der Waals surface area contributed by atoms with Gasteiger partial charge < -0.3 is 10.1 Å². The summed E-state index contributed by atoms with van der Waals surface area (Å²) >= 11 is 6.01. The van der Waals surface area contributed by atoms with Crippen LogP contribution in [0.15, 0.2) is 42.5 Å². The predicted molar refractivity (Wildman–Crippen MR) is 85.9 cm³/mol. The standard InChI is InChI=1S/C17H17ClN2O/c1-12-3-7-16(8-4-12)21-11-13(2)20-15-6-5-14(10-19)17(18)9-15/h3-9,13,20H,11H2,1-2H3. The van der Waals surface area contributed by atoms with Crippen molar-refractivity contribution in [3.8, 4) is 11.8 Å². The van der Waals surface area contributed by atoms with Gasteiger partial charge in [-0.3, -0.25) is 0 Å². The zero-order chi connectivity index (χ0) is 15.2. The predicted octanol–water partition coefficient (Wildman–Crippen LogP) is 4.40. The van der Waals surface area contributed by atoms with Gasteiger partial charge in [0.05, 0.1) is 16.6 Å². The van der Waals surface area contributed by atoms with E-state index in [1.54, 1.807) is 12.1 Å². The number of halogens is 1. The fourth-order valence-corrected chi connectivity index (χ4v) is 2.10. The molecule has 0 saturated heterocycles. The minimum atomic E-state index is 0.121. The Kier molecular flexibility index (Phi) is 5.08. The number of ether oxygens (including phenoxy) is 1. The van der Waals surface area contributed by atoms with Gasteiger partial charge in [-0.2, -0.15) is 5.26 Å². The minimum absolute atomic E-state index is 0.121. The van der Waals surface area contributed by atoms with Crippen molar-refractivity contribution in [2.24, 2.45) is 0 Å². The van der Waals surface area contributed by atoms with Crippen LogP contribution < -0.4 is 10.1 Å². The Morgan fingerprint density at radius 3 is 2.57 bits per heavy atom. The Labute approximate surface area is 130 Å². The lowest BCUT2D eigenvalue weighted by Gasteiger charge is -2.16. The molecule has 0 bridgehead atoms. The number of nitrogens with zero attached hydrogens (tertiary/aromatic N) is 1. The SMILES string of the molecule is Cc1ccc(OCC(C)Nc2ccc(C#N)c(Cl)c2)cc1. The van der Waals surface area contributed by atoms with E-state index in [1.807, 2.05) is 50.2 Å². The number of hydrogen-bond acceptors (Lipinski definition) is 3. The van der Waals surface area contributed by atoms with Crippen molar-refractivity contribution < 1.29 is 4.74 Å². The Balaban J connectivity index is 1.89. The average molecular weight is 301 g/mol. The van der Waals surface area contributed by atoms with E-state index >= 15 is 0 Å². The van der Waals surface area contributed by atoms with Gasteiger partial charge in [-0.1, -0.05) is 29.3 Å². The van der Waals surface area contributed by atoms with Gasteiger partial charge in [-0.15, -0.1) is 0 Å². The highest BCUT2D eigenvalue weighted by Crippen LogP contribution is 2.21. The highest BCUT2D eigenvalue weighted by molar-refractivity contribution is 6.32. The number of rotatable bonds is 5. The molecule has 0 aliphatic carbocycles. The van der Waals surface area contributed by atoms with Gasteiger partial charge in [-0.05, 0) is 44.2 Å². The fraction of sp³-hybridized carbons (Fsp3) is 0.235. The summed E-state index contributed by atoms with van der Waals surface area (Å²) in [6.45, 7) is 4.61. The summed E-state index contributed by atoms with van der Waals surface area (Å²) in [6, 6.07) is 15.4. The van der Waals surface area contributed by atoms with Crippen molar-refractivity contribution >= 4 is 17.3 Å². The number of anilines is 1. The summed E-state index contributed by atoms with van der Waals surface area (Å²) in [5, 5.41) is 12.6. The quantitative estimate of drug-likeness (QED) is 0.890. The molecule has 2 aromatic rings. The molecular formula is C17H17ClN2O. The lowest BCUT2D eigenvalue weighted by Crippen LogP contribution is -2.23. The Hall–Kier alpha value is -2.18. The monoisotopic (exact) mass is 300 g/mol. The molecule has 1 atom stereocenters. The van der Waals surface area contributed by atoms with E-state index in [0.29, 0.717) is 17.2 Å². The van der Waals surface area contributed by atoms with E-state index in [1.165, 1.54) is 5.56 Å². The molecule has 3 nitrogen and oxygen atoms in total. The summed E-state index contributed by atoms with van der Waals surface area (Å²) in [5.74, 6) is 0.854. The highest BCUT2D eigenvalue weighted by Gasteiger charge is 2.06. The first kappa shape index (κ1) is 15.2. The normalized spacial score (nSPS) is 11.5. The van der Waals surface area contributed by atoms with Crippen LogP contribution in [0, 0.1) is 18.3 Å². The number of hydrogen-bond donors (Lipinski definition) is 1. The van der Waals surface area contributed by atoms with Crippen LogP contribution in [0.5, 0.6) is 5.75 Å². The second-order valence-corrected chi connectivity index (χ2v) is 5.38. The van der Waals surface area contributed by atoms with Crippen LogP contribution >= 0.6 is 11.6 Å². The second kappa shape index (κ2) is 7.01. The van der Waals surface area contributed by atoms with Gasteiger partial charge in [0.25, 0.3) is 0 Å². The lowest BCUT2D eigenvalue weighted by atomic mass is 10.2. The van der Waals surface area contributed by atoms with E-state index in [4.69, 9.17) is 21.6 Å². The van der Waals surface area contributed by atoms with Gasteiger partial charge >= 0.3 is 0 Å². The van der Waals surface area contributed by atoms with Gasteiger partial charge in [-0.25, -0.2) is 0 Å². The van der Waals surface area contributed by atoms with Crippen LogP contribution in [0.1, 0.15) is 18.1 Å². The van der Waals surface area contributed by atoms with Crippen LogP contribution in [0.4, 0.5) is 5.69 Å². The molecule has 0 radical (unpaired) electrons.